The lowest BCUT2D eigenvalue weighted by Gasteiger charge is -2.09. The predicted octanol–water partition coefficient (Wildman–Crippen LogP) is 1.92. The maximum absolute atomic E-state index is 12.0. The molecule has 2 rings (SSSR count). The Hall–Kier alpha value is -3.15. The van der Waals surface area contributed by atoms with E-state index in [9.17, 15) is 14.4 Å². The fraction of sp³-hybridized carbons (Fsp3) is 0.167. The van der Waals surface area contributed by atoms with Crippen LogP contribution < -0.4 is 10.9 Å². The molecule has 0 heterocycles. The number of aryl methyl sites for hydroxylation is 2. The minimum absolute atomic E-state index is 0.408. The van der Waals surface area contributed by atoms with Gasteiger partial charge in [0.05, 0.1) is 5.56 Å². The zero-order chi connectivity index (χ0) is 17.5. The van der Waals surface area contributed by atoms with Crippen molar-refractivity contribution in [2.24, 2.45) is 0 Å². The molecule has 6 heteroatoms. The van der Waals surface area contributed by atoms with Crippen LogP contribution in [0.1, 0.15) is 31.8 Å². The Morgan fingerprint density at radius 3 is 2.38 bits per heavy atom. The molecule has 0 bridgehead atoms. The molecule has 0 aliphatic carbocycles. The Bertz CT molecular complexity index is 757. The van der Waals surface area contributed by atoms with Gasteiger partial charge in [0.25, 0.3) is 11.8 Å². The second-order valence-corrected chi connectivity index (χ2v) is 5.26. The van der Waals surface area contributed by atoms with Crippen LogP contribution >= 0.6 is 0 Å². The van der Waals surface area contributed by atoms with E-state index in [-0.39, 0.29) is 0 Å². The van der Waals surface area contributed by atoms with Crippen LogP contribution in [-0.2, 0) is 9.53 Å². The Morgan fingerprint density at radius 2 is 1.67 bits per heavy atom. The second kappa shape index (κ2) is 7.92. The van der Waals surface area contributed by atoms with Crippen molar-refractivity contribution >= 4 is 17.8 Å². The summed E-state index contributed by atoms with van der Waals surface area (Å²) in [6.07, 6.45) is 0. The number of carbonyl (C=O) groups excluding carboxylic acids is 3. The minimum Gasteiger partial charge on any atom is -0.452 e. The molecule has 24 heavy (non-hydrogen) atoms. The Labute approximate surface area is 139 Å². The Kier molecular flexibility index (Phi) is 5.68. The van der Waals surface area contributed by atoms with E-state index < -0.39 is 24.4 Å². The van der Waals surface area contributed by atoms with Crippen molar-refractivity contribution < 1.29 is 19.1 Å². The quantitative estimate of drug-likeness (QED) is 0.664. The average molecular weight is 326 g/mol. The first-order valence-electron chi connectivity index (χ1n) is 7.36. The van der Waals surface area contributed by atoms with E-state index in [0.717, 1.165) is 11.1 Å². The fourth-order valence-corrected chi connectivity index (χ4v) is 1.99. The van der Waals surface area contributed by atoms with Gasteiger partial charge in [-0.3, -0.25) is 20.4 Å². The summed E-state index contributed by atoms with van der Waals surface area (Å²) in [5, 5.41) is 0. The van der Waals surface area contributed by atoms with Gasteiger partial charge >= 0.3 is 5.97 Å². The molecule has 2 N–H and O–H groups in total. The molecule has 2 aromatic rings. The van der Waals surface area contributed by atoms with Gasteiger partial charge in [-0.15, -0.1) is 0 Å². The third kappa shape index (κ3) is 4.67. The highest BCUT2D eigenvalue weighted by molar-refractivity contribution is 5.96. The number of hydrazine groups is 1. The summed E-state index contributed by atoms with van der Waals surface area (Å²) in [5.74, 6) is -1.66. The first-order valence-corrected chi connectivity index (χ1v) is 7.36. The number of hydrogen-bond donors (Lipinski definition) is 2. The third-order valence-corrected chi connectivity index (χ3v) is 3.30. The third-order valence-electron chi connectivity index (χ3n) is 3.30. The number of ether oxygens (including phenoxy) is 1. The van der Waals surface area contributed by atoms with E-state index in [2.05, 4.69) is 10.9 Å². The molecule has 0 saturated heterocycles. The maximum Gasteiger partial charge on any atom is 0.338 e. The minimum atomic E-state index is -0.627. The summed E-state index contributed by atoms with van der Waals surface area (Å²) < 4.78 is 4.96. The molecule has 2 aromatic carbocycles. The Balaban J connectivity index is 1.82. The van der Waals surface area contributed by atoms with Crippen LogP contribution in [0, 0.1) is 13.8 Å². The molecule has 0 unspecified atom stereocenters. The van der Waals surface area contributed by atoms with E-state index in [1.807, 2.05) is 19.1 Å². The van der Waals surface area contributed by atoms with Gasteiger partial charge in [0, 0.05) is 5.56 Å². The number of esters is 1. The number of hydrogen-bond acceptors (Lipinski definition) is 4. The number of carbonyl (C=O) groups is 3. The van der Waals surface area contributed by atoms with Gasteiger partial charge in [-0.05, 0) is 37.6 Å². The Morgan fingerprint density at radius 1 is 0.958 bits per heavy atom. The summed E-state index contributed by atoms with van der Waals surface area (Å²) >= 11 is 0. The summed E-state index contributed by atoms with van der Waals surface area (Å²) in [5.41, 5.74) is 6.96. The standard InChI is InChI=1S/C18H18N2O4/c1-12-8-9-13(2)15(10-12)18(23)24-11-16(21)19-20-17(22)14-6-4-3-5-7-14/h3-10H,11H2,1-2H3,(H,19,21)(H,20,22). The highest BCUT2D eigenvalue weighted by Crippen LogP contribution is 2.11. The van der Waals surface area contributed by atoms with Crippen molar-refractivity contribution in [2.45, 2.75) is 13.8 Å². The van der Waals surface area contributed by atoms with Crippen LogP contribution in [0.3, 0.4) is 0 Å². The van der Waals surface area contributed by atoms with E-state index in [1.54, 1.807) is 43.3 Å². The van der Waals surface area contributed by atoms with Crippen LogP contribution in [-0.4, -0.2) is 24.4 Å². The van der Waals surface area contributed by atoms with Gasteiger partial charge < -0.3 is 4.74 Å². The predicted molar refractivity (Wildman–Crippen MR) is 88.2 cm³/mol. The van der Waals surface area contributed by atoms with Crippen molar-refractivity contribution in [3.63, 3.8) is 0 Å². The zero-order valence-electron chi connectivity index (χ0n) is 13.5. The summed E-state index contributed by atoms with van der Waals surface area (Å²) in [6.45, 7) is 3.17. The molecule has 124 valence electrons. The SMILES string of the molecule is Cc1ccc(C)c(C(=O)OCC(=O)NNC(=O)c2ccccc2)c1. The fourth-order valence-electron chi connectivity index (χ4n) is 1.99. The molecule has 0 saturated carbocycles. The smallest absolute Gasteiger partial charge is 0.338 e. The maximum atomic E-state index is 12.0. The van der Waals surface area contributed by atoms with Gasteiger partial charge in [-0.2, -0.15) is 0 Å². The first-order chi connectivity index (χ1) is 11.5. The van der Waals surface area contributed by atoms with Gasteiger partial charge in [-0.25, -0.2) is 4.79 Å². The van der Waals surface area contributed by atoms with Crippen LogP contribution in [0.5, 0.6) is 0 Å². The monoisotopic (exact) mass is 326 g/mol. The molecule has 0 spiro atoms. The van der Waals surface area contributed by atoms with Gasteiger partial charge in [0.15, 0.2) is 6.61 Å². The summed E-state index contributed by atoms with van der Waals surface area (Å²) in [7, 11) is 0. The molecule has 0 aromatic heterocycles. The van der Waals surface area contributed by atoms with Crippen molar-refractivity contribution in [1.29, 1.82) is 0 Å². The summed E-state index contributed by atoms with van der Waals surface area (Å²) in [6, 6.07) is 13.8. The van der Waals surface area contributed by atoms with E-state index in [1.165, 1.54) is 0 Å². The highest BCUT2D eigenvalue weighted by Gasteiger charge is 2.13. The molecule has 0 atom stereocenters. The van der Waals surface area contributed by atoms with Gasteiger partial charge in [0.2, 0.25) is 0 Å². The molecule has 2 amide bonds. The zero-order valence-corrected chi connectivity index (χ0v) is 13.5. The van der Waals surface area contributed by atoms with Crippen molar-refractivity contribution in [3.8, 4) is 0 Å². The van der Waals surface area contributed by atoms with E-state index in [4.69, 9.17) is 4.74 Å². The second-order valence-electron chi connectivity index (χ2n) is 5.26. The van der Waals surface area contributed by atoms with Gasteiger partial charge in [0.1, 0.15) is 0 Å². The lowest BCUT2D eigenvalue weighted by Crippen LogP contribution is -2.43. The largest absolute Gasteiger partial charge is 0.452 e. The summed E-state index contributed by atoms with van der Waals surface area (Å²) in [4.78, 5) is 35.4. The van der Waals surface area contributed by atoms with E-state index >= 15 is 0 Å². The normalized spacial score (nSPS) is 9.92. The lowest BCUT2D eigenvalue weighted by molar-refractivity contribution is -0.125. The van der Waals surface area contributed by atoms with Crippen molar-refractivity contribution in [2.75, 3.05) is 6.61 Å². The van der Waals surface area contributed by atoms with Crippen LogP contribution in [0.15, 0.2) is 48.5 Å². The molecular formula is C18H18N2O4. The molecule has 0 aliphatic heterocycles. The number of amides is 2. The molecule has 0 fully saturated rings. The van der Waals surface area contributed by atoms with Crippen LogP contribution in [0.2, 0.25) is 0 Å². The highest BCUT2D eigenvalue weighted by atomic mass is 16.5. The van der Waals surface area contributed by atoms with Crippen LogP contribution in [0.4, 0.5) is 0 Å². The van der Waals surface area contributed by atoms with Gasteiger partial charge in [-0.1, -0.05) is 35.9 Å². The topological polar surface area (TPSA) is 84.5 Å². The van der Waals surface area contributed by atoms with Crippen LogP contribution in [0.25, 0.3) is 0 Å². The number of rotatable bonds is 4. The number of nitrogens with one attached hydrogen (secondary N) is 2. The molecule has 0 radical (unpaired) electrons. The van der Waals surface area contributed by atoms with E-state index in [0.29, 0.717) is 11.1 Å². The molecular weight excluding hydrogens is 308 g/mol. The average Bonchev–Trinajstić information content (AvgIpc) is 2.60. The van der Waals surface area contributed by atoms with Crippen molar-refractivity contribution in [1.82, 2.24) is 10.9 Å². The first kappa shape index (κ1) is 17.2. The lowest BCUT2D eigenvalue weighted by atomic mass is 10.1. The molecule has 6 nitrogen and oxygen atoms in total. The molecule has 0 aliphatic rings. The number of benzene rings is 2. The van der Waals surface area contributed by atoms with Crippen molar-refractivity contribution in [3.05, 3.63) is 70.8 Å².